The molecule has 1 aromatic carbocycles. The van der Waals surface area contributed by atoms with Crippen molar-refractivity contribution in [3.05, 3.63) is 41.5 Å². The van der Waals surface area contributed by atoms with Crippen LogP contribution in [0.4, 0.5) is 0 Å². The third-order valence-corrected chi connectivity index (χ3v) is 5.09. The van der Waals surface area contributed by atoms with E-state index < -0.39 is 15.9 Å². The van der Waals surface area contributed by atoms with Crippen molar-refractivity contribution in [3.63, 3.8) is 0 Å². The van der Waals surface area contributed by atoms with Crippen LogP contribution in [0.15, 0.2) is 33.7 Å². The Hall–Kier alpha value is -2.22. The van der Waals surface area contributed by atoms with Gasteiger partial charge in [-0.1, -0.05) is 38.1 Å². The van der Waals surface area contributed by atoms with E-state index in [9.17, 15) is 13.2 Å². The summed E-state index contributed by atoms with van der Waals surface area (Å²) >= 11 is 0. The van der Waals surface area contributed by atoms with Gasteiger partial charge in [0.2, 0.25) is 5.89 Å². The highest BCUT2D eigenvalue weighted by Crippen LogP contribution is 2.31. The molecule has 0 saturated carbocycles. The number of amides is 1. The predicted octanol–water partition coefficient (Wildman–Crippen LogP) is 1.71. The Morgan fingerprint density at radius 3 is 2.50 bits per heavy atom. The fraction of sp³-hybridized carbons (Fsp3) is 0.357. The maximum absolute atomic E-state index is 12.4. The highest BCUT2D eigenvalue weighted by molar-refractivity contribution is 7.90. The minimum atomic E-state index is -3.86. The molecule has 0 bridgehead atoms. The van der Waals surface area contributed by atoms with Crippen molar-refractivity contribution in [3.8, 4) is 0 Å². The number of fused-ring (bicyclic) bond motifs is 1. The molecule has 116 valence electrons. The molecule has 1 aliphatic rings. The second-order valence-corrected chi connectivity index (χ2v) is 7.91. The molecule has 2 aromatic rings. The van der Waals surface area contributed by atoms with Gasteiger partial charge in [-0.3, -0.25) is 4.79 Å². The van der Waals surface area contributed by atoms with E-state index >= 15 is 0 Å². The molecule has 0 saturated heterocycles. The van der Waals surface area contributed by atoms with Crippen LogP contribution in [0.5, 0.6) is 0 Å². The van der Waals surface area contributed by atoms with Gasteiger partial charge in [-0.05, 0) is 12.1 Å². The Morgan fingerprint density at radius 1 is 1.23 bits per heavy atom. The fourth-order valence-corrected chi connectivity index (χ4v) is 3.66. The number of sulfonamides is 1. The zero-order valence-electron chi connectivity index (χ0n) is 12.4. The maximum Gasteiger partial charge on any atom is 0.269 e. The summed E-state index contributed by atoms with van der Waals surface area (Å²) in [5, 5.41) is 3.76. The van der Waals surface area contributed by atoms with Crippen molar-refractivity contribution in [2.24, 2.45) is 0 Å². The Labute approximate surface area is 128 Å². The molecule has 0 spiro atoms. The van der Waals surface area contributed by atoms with Gasteiger partial charge in [0.25, 0.3) is 15.9 Å². The van der Waals surface area contributed by atoms with Gasteiger partial charge in [0, 0.05) is 5.41 Å². The molecule has 0 N–H and O–H groups in total. The first-order valence-electron chi connectivity index (χ1n) is 6.70. The first-order chi connectivity index (χ1) is 10.2. The molecule has 8 heteroatoms. The summed E-state index contributed by atoms with van der Waals surface area (Å²) in [6.45, 7) is 5.46. The number of carbonyl (C=O) groups excluding carboxylic acids is 1. The highest BCUT2D eigenvalue weighted by Gasteiger charge is 2.41. The second kappa shape index (κ2) is 4.64. The number of rotatable bonds is 2. The van der Waals surface area contributed by atoms with Crippen LogP contribution in [0.3, 0.4) is 0 Å². The van der Waals surface area contributed by atoms with Gasteiger partial charge in [-0.15, -0.1) is 0 Å². The van der Waals surface area contributed by atoms with Crippen molar-refractivity contribution in [2.75, 3.05) is 0 Å². The van der Waals surface area contributed by atoms with E-state index in [0.717, 1.165) is 4.31 Å². The zero-order valence-corrected chi connectivity index (χ0v) is 13.2. The third-order valence-electron chi connectivity index (χ3n) is 3.31. The van der Waals surface area contributed by atoms with Crippen molar-refractivity contribution >= 4 is 15.9 Å². The first-order valence-corrected chi connectivity index (χ1v) is 8.14. The highest BCUT2D eigenvalue weighted by atomic mass is 32.2. The van der Waals surface area contributed by atoms with Crippen LogP contribution < -0.4 is 0 Å². The summed E-state index contributed by atoms with van der Waals surface area (Å²) in [4.78, 5) is 16.5. The Bertz CT molecular complexity index is 849. The van der Waals surface area contributed by atoms with Gasteiger partial charge < -0.3 is 4.52 Å². The Balaban J connectivity index is 1.95. The van der Waals surface area contributed by atoms with Crippen LogP contribution in [0.25, 0.3) is 0 Å². The summed E-state index contributed by atoms with van der Waals surface area (Å²) in [6.07, 6.45) is 0. The van der Waals surface area contributed by atoms with Crippen LogP contribution in [0, 0.1) is 0 Å². The zero-order chi connectivity index (χ0) is 16.1. The molecular weight excluding hydrogens is 306 g/mol. The van der Waals surface area contributed by atoms with E-state index in [0.29, 0.717) is 5.89 Å². The van der Waals surface area contributed by atoms with Crippen LogP contribution >= 0.6 is 0 Å². The monoisotopic (exact) mass is 321 g/mol. The lowest BCUT2D eigenvalue weighted by molar-refractivity contribution is 0.0862. The lowest BCUT2D eigenvalue weighted by Gasteiger charge is -2.12. The third kappa shape index (κ3) is 2.19. The summed E-state index contributed by atoms with van der Waals surface area (Å²) < 4.78 is 30.7. The molecule has 0 aliphatic carbocycles. The average Bonchev–Trinajstić information content (AvgIpc) is 2.98. The van der Waals surface area contributed by atoms with Crippen LogP contribution in [0.2, 0.25) is 0 Å². The van der Waals surface area contributed by atoms with Crippen LogP contribution in [-0.2, 0) is 22.0 Å². The summed E-state index contributed by atoms with van der Waals surface area (Å²) in [5.74, 6) is -0.0172. The molecule has 0 unspecified atom stereocenters. The molecule has 22 heavy (non-hydrogen) atoms. The molecule has 1 amide bonds. The molecule has 1 aliphatic heterocycles. The van der Waals surface area contributed by atoms with Crippen molar-refractivity contribution < 1.29 is 17.7 Å². The normalized spacial score (nSPS) is 16.9. The number of aromatic nitrogens is 2. The van der Waals surface area contributed by atoms with Crippen molar-refractivity contribution in [1.82, 2.24) is 14.4 Å². The van der Waals surface area contributed by atoms with Crippen molar-refractivity contribution in [2.45, 2.75) is 37.6 Å². The van der Waals surface area contributed by atoms with E-state index in [1.807, 2.05) is 20.8 Å². The van der Waals surface area contributed by atoms with Gasteiger partial charge in [-0.2, -0.15) is 4.98 Å². The summed E-state index contributed by atoms with van der Waals surface area (Å²) in [7, 11) is -3.86. The largest absolute Gasteiger partial charge is 0.339 e. The van der Waals surface area contributed by atoms with Gasteiger partial charge in [-0.25, -0.2) is 12.7 Å². The number of hydrogen-bond donors (Lipinski definition) is 0. The molecule has 2 heterocycles. The number of nitrogens with zero attached hydrogens (tertiary/aromatic N) is 3. The summed E-state index contributed by atoms with van der Waals surface area (Å²) in [5.41, 5.74) is -0.177. The van der Waals surface area contributed by atoms with E-state index in [1.54, 1.807) is 12.1 Å². The Morgan fingerprint density at radius 2 is 1.91 bits per heavy atom. The first kappa shape index (κ1) is 14.7. The molecule has 1 aromatic heterocycles. The minimum absolute atomic E-state index is 0.0135. The second-order valence-electron chi connectivity index (χ2n) is 6.08. The minimum Gasteiger partial charge on any atom is -0.339 e. The topological polar surface area (TPSA) is 93.4 Å². The van der Waals surface area contributed by atoms with Gasteiger partial charge in [0.15, 0.2) is 5.82 Å². The van der Waals surface area contributed by atoms with E-state index in [1.165, 1.54) is 12.1 Å². The predicted molar refractivity (Wildman–Crippen MR) is 76.5 cm³/mol. The quantitative estimate of drug-likeness (QED) is 0.836. The van der Waals surface area contributed by atoms with Crippen LogP contribution in [0.1, 0.15) is 42.8 Å². The lowest BCUT2D eigenvalue weighted by atomic mass is 9.97. The molecular formula is C14H15N3O4S. The molecule has 0 fully saturated rings. The van der Waals surface area contributed by atoms with Crippen molar-refractivity contribution in [1.29, 1.82) is 0 Å². The molecule has 0 atom stereocenters. The number of benzene rings is 1. The number of hydrogen-bond acceptors (Lipinski definition) is 6. The molecule has 3 rings (SSSR count). The van der Waals surface area contributed by atoms with Gasteiger partial charge in [0.05, 0.1) is 5.56 Å². The smallest absolute Gasteiger partial charge is 0.269 e. The molecule has 7 nitrogen and oxygen atoms in total. The average molecular weight is 321 g/mol. The molecule has 0 radical (unpaired) electrons. The van der Waals surface area contributed by atoms with Crippen LogP contribution in [-0.4, -0.2) is 28.8 Å². The lowest BCUT2D eigenvalue weighted by Crippen LogP contribution is -2.30. The van der Waals surface area contributed by atoms with Gasteiger partial charge >= 0.3 is 0 Å². The van der Waals surface area contributed by atoms with E-state index in [4.69, 9.17) is 4.52 Å². The Kier molecular flexibility index (Phi) is 3.10. The maximum atomic E-state index is 12.4. The fourth-order valence-electron chi connectivity index (χ4n) is 2.14. The summed E-state index contributed by atoms with van der Waals surface area (Å²) in [6, 6.07) is 6.12. The van der Waals surface area contributed by atoms with Gasteiger partial charge in [0.1, 0.15) is 11.4 Å². The van der Waals surface area contributed by atoms with E-state index in [-0.39, 0.29) is 28.2 Å². The standard InChI is InChI=1S/C14H15N3O4S/c1-14(2,3)13-15-11(16-21-13)8-17-12(18)9-6-4-5-7-10(9)22(17,19)20/h4-7H,8H2,1-3H3. The SMILES string of the molecule is CC(C)(C)c1nc(CN2C(=O)c3ccccc3S2(=O)=O)no1. The van der Waals surface area contributed by atoms with E-state index in [2.05, 4.69) is 10.1 Å². The number of carbonyl (C=O) groups is 1.